The van der Waals surface area contributed by atoms with Crippen molar-refractivity contribution >= 4 is 5.96 Å². The van der Waals surface area contributed by atoms with Gasteiger partial charge in [0, 0.05) is 32.2 Å². The molecule has 2 unspecified atom stereocenters. The van der Waals surface area contributed by atoms with E-state index in [0.29, 0.717) is 11.5 Å². The fraction of sp³-hybridized carbons (Fsp3) is 0.950. The first kappa shape index (κ1) is 19.0. The SMILES string of the molecule is CCNC(=NCC1(CC(C)C)CCC1)NCC1CN2CCCC2CO1. The number of ether oxygens (including phenoxy) is 1. The largest absolute Gasteiger partial charge is 0.373 e. The Morgan fingerprint density at radius 2 is 2.12 bits per heavy atom. The Morgan fingerprint density at radius 1 is 1.28 bits per heavy atom. The molecule has 3 rings (SSSR count). The molecule has 2 atom stereocenters. The highest BCUT2D eigenvalue weighted by Crippen LogP contribution is 2.46. The Balaban J connectivity index is 1.48. The van der Waals surface area contributed by atoms with Gasteiger partial charge in [-0.15, -0.1) is 0 Å². The van der Waals surface area contributed by atoms with Crippen molar-refractivity contribution in [3.8, 4) is 0 Å². The molecule has 2 saturated heterocycles. The summed E-state index contributed by atoms with van der Waals surface area (Å²) >= 11 is 0. The third kappa shape index (κ3) is 5.10. The van der Waals surface area contributed by atoms with Crippen LogP contribution in [0, 0.1) is 11.3 Å². The number of hydrogen-bond acceptors (Lipinski definition) is 3. The molecule has 3 fully saturated rings. The van der Waals surface area contributed by atoms with Crippen molar-refractivity contribution in [2.75, 3.05) is 39.3 Å². The predicted octanol–water partition coefficient (Wildman–Crippen LogP) is 2.62. The highest BCUT2D eigenvalue weighted by Gasteiger charge is 2.37. The lowest BCUT2D eigenvalue weighted by atomic mass is 9.64. The molecule has 5 nitrogen and oxygen atoms in total. The monoisotopic (exact) mass is 350 g/mol. The number of morpholine rings is 1. The fourth-order valence-corrected chi connectivity index (χ4v) is 4.78. The van der Waals surface area contributed by atoms with Crippen molar-refractivity contribution < 1.29 is 4.74 Å². The lowest BCUT2D eigenvalue weighted by Crippen LogP contribution is -2.51. The maximum atomic E-state index is 6.06. The Morgan fingerprint density at radius 3 is 2.80 bits per heavy atom. The first-order chi connectivity index (χ1) is 12.1. The van der Waals surface area contributed by atoms with Crippen LogP contribution < -0.4 is 10.6 Å². The van der Waals surface area contributed by atoms with Gasteiger partial charge in [0.15, 0.2) is 5.96 Å². The summed E-state index contributed by atoms with van der Waals surface area (Å²) in [5.41, 5.74) is 0.459. The molecule has 3 aliphatic rings. The van der Waals surface area contributed by atoms with Gasteiger partial charge in [0.1, 0.15) is 0 Å². The molecule has 0 spiro atoms. The van der Waals surface area contributed by atoms with Gasteiger partial charge in [0.05, 0.1) is 12.7 Å². The van der Waals surface area contributed by atoms with Crippen LogP contribution in [0.1, 0.15) is 59.3 Å². The van der Waals surface area contributed by atoms with Gasteiger partial charge in [-0.3, -0.25) is 9.89 Å². The number of hydrogen-bond donors (Lipinski definition) is 2. The molecule has 1 aliphatic carbocycles. The van der Waals surface area contributed by atoms with E-state index in [1.807, 2.05) is 0 Å². The second-order valence-corrected chi connectivity index (χ2v) is 8.77. The van der Waals surface area contributed by atoms with Crippen LogP contribution in [-0.4, -0.2) is 62.3 Å². The Bertz CT molecular complexity index is 447. The third-order valence-corrected chi connectivity index (χ3v) is 6.13. The minimum Gasteiger partial charge on any atom is -0.373 e. The van der Waals surface area contributed by atoms with E-state index >= 15 is 0 Å². The van der Waals surface area contributed by atoms with Crippen molar-refractivity contribution in [3.63, 3.8) is 0 Å². The molecular formula is C20H38N4O. The number of rotatable bonds is 7. The average molecular weight is 351 g/mol. The summed E-state index contributed by atoms with van der Waals surface area (Å²) in [7, 11) is 0. The molecule has 0 bridgehead atoms. The van der Waals surface area contributed by atoms with Crippen LogP contribution in [0.5, 0.6) is 0 Å². The summed E-state index contributed by atoms with van der Waals surface area (Å²) in [5.74, 6) is 1.72. The Hall–Kier alpha value is -0.810. The van der Waals surface area contributed by atoms with Crippen molar-refractivity contribution in [1.82, 2.24) is 15.5 Å². The zero-order valence-corrected chi connectivity index (χ0v) is 16.5. The van der Waals surface area contributed by atoms with E-state index in [2.05, 4.69) is 36.3 Å². The molecule has 0 amide bonds. The molecule has 0 aromatic carbocycles. The average Bonchev–Trinajstić information content (AvgIpc) is 3.02. The zero-order valence-electron chi connectivity index (χ0n) is 16.5. The quantitative estimate of drug-likeness (QED) is 0.547. The number of fused-ring (bicyclic) bond motifs is 1. The van der Waals surface area contributed by atoms with Crippen molar-refractivity contribution in [2.24, 2.45) is 16.3 Å². The number of nitrogens with zero attached hydrogens (tertiary/aromatic N) is 2. The number of aliphatic imine (C=N–C) groups is 1. The lowest BCUT2D eigenvalue weighted by molar-refractivity contribution is -0.0453. The van der Waals surface area contributed by atoms with Crippen LogP contribution in [0.2, 0.25) is 0 Å². The van der Waals surface area contributed by atoms with Crippen LogP contribution >= 0.6 is 0 Å². The maximum Gasteiger partial charge on any atom is 0.191 e. The van der Waals surface area contributed by atoms with Gasteiger partial charge in [-0.25, -0.2) is 0 Å². The van der Waals surface area contributed by atoms with E-state index < -0.39 is 0 Å². The van der Waals surface area contributed by atoms with Crippen molar-refractivity contribution in [2.45, 2.75) is 71.4 Å². The van der Waals surface area contributed by atoms with Gasteiger partial charge in [-0.1, -0.05) is 20.3 Å². The highest BCUT2D eigenvalue weighted by atomic mass is 16.5. The van der Waals surface area contributed by atoms with E-state index in [-0.39, 0.29) is 6.10 Å². The normalized spacial score (nSPS) is 29.4. The lowest BCUT2D eigenvalue weighted by Gasteiger charge is -2.42. The summed E-state index contributed by atoms with van der Waals surface area (Å²) < 4.78 is 6.06. The molecule has 0 aromatic rings. The second-order valence-electron chi connectivity index (χ2n) is 8.77. The summed E-state index contributed by atoms with van der Waals surface area (Å²) in [6.45, 7) is 12.7. The van der Waals surface area contributed by atoms with Gasteiger partial charge in [-0.2, -0.15) is 0 Å². The van der Waals surface area contributed by atoms with Crippen LogP contribution in [0.25, 0.3) is 0 Å². The van der Waals surface area contributed by atoms with Gasteiger partial charge < -0.3 is 15.4 Å². The molecule has 0 radical (unpaired) electrons. The van der Waals surface area contributed by atoms with Gasteiger partial charge in [-0.05, 0) is 56.9 Å². The van der Waals surface area contributed by atoms with Crippen molar-refractivity contribution in [3.05, 3.63) is 0 Å². The van der Waals surface area contributed by atoms with E-state index in [4.69, 9.17) is 9.73 Å². The minimum atomic E-state index is 0.284. The third-order valence-electron chi connectivity index (χ3n) is 6.13. The van der Waals surface area contributed by atoms with Gasteiger partial charge in [0.2, 0.25) is 0 Å². The molecule has 2 aliphatic heterocycles. The predicted molar refractivity (Wildman–Crippen MR) is 104 cm³/mol. The van der Waals surface area contributed by atoms with Crippen LogP contribution in [0.15, 0.2) is 4.99 Å². The summed E-state index contributed by atoms with van der Waals surface area (Å²) in [4.78, 5) is 7.54. The van der Waals surface area contributed by atoms with E-state index in [9.17, 15) is 0 Å². The van der Waals surface area contributed by atoms with Crippen LogP contribution in [0.4, 0.5) is 0 Å². The molecule has 2 N–H and O–H groups in total. The van der Waals surface area contributed by atoms with Gasteiger partial charge >= 0.3 is 0 Å². The minimum absolute atomic E-state index is 0.284. The number of nitrogens with one attached hydrogen (secondary N) is 2. The first-order valence-corrected chi connectivity index (χ1v) is 10.5. The van der Waals surface area contributed by atoms with Crippen LogP contribution in [-0.2, 0) is 4.74 Å². The molecule has 0 aromatic heterocycles. The maximum absolute atomic E-state index is 6.06. The summed E-state index contributed by atoms with van der Waals surface area (Å²) in [5, 5.41) is 6.94. The molecule has 5 heteroatoms. The fourth-order valence-electron chi connectivity index (χ4n) is 4.78. The van der Waals surface area contributed by atoms with Crippen molar-refractivity contribution in [1.29, 1.82) is 0 Å². The van der Waals surface area contributed by atoms with E-state index in [1.54, 1.807) is 0 Å². The molecule has 1 saturated carbocycles. The zero-order chi connectivity index (χ0) is 17.7. The number of guanidine groups is 1. The smallest absolute Gasteiger partial charge is 0.191 e. The van der Waals surface area contributed by atoms with E-state index in [0.717, 1.165) is 44.7 Å². The highest BCUT2D eigenvalue weighted by molar-refractivity contribution is 5.79. The summed E-state index contributed by atoms with van der Waals surface area (Å²) in [6, 6.07) is 0.674. The Labute approximate surface area is 154 Å². The van der Waals surface area contributed by atoms with E-state index in [1.165, 1.54) is 45.1 Å². The molecule has 25 heavy (non-hydrogen) atoms. The topological polar surface area (TPSA) is 48.9 Å². The van der Waals surface area contributed by atoms with Crippen LogP contribution in [0.3, 0.4) is 0 Å². The second kappa shape index (κ2) is 8.72. The standard InChI is InChI=1S/C20H38N4O/c1-4-21-19(23-15-20(8-6-9-20)11-16(2)3)22-12-18-13-24-10-5-7-17(24)14-25-18/h16-18H,4-15H2,1-3H3,(H2,21,22,23). The molecule has 144 valence electrons. The van der Waals surface area contributed by atoms with Gasteiger partial charge in [0.25, 0.3) is 0 Å². The molecule has 2 heterocycles. The summed E-state index contributed by atoms with van der Waals surface area (Å²) in [6.07, 6.45) is 8.29. The molecular weight excluding hydrogens is 312 g/mol. The Kier molecular flexibility index (Phi) is 6.61. The first-order valence-electron chi connectivity index (χ1n) is 10.5.